The quantitative estimate of drug-likeness (QED) is 0.889. The van der Waals surface area contributed by atoms with Crippen molar-refractivity contribution in [2.75, 3.05) is 11.9 Å². The van der Waals surface area contributed by atoms with Gasteiger partial charge in [0.25, 0.3) is 0 Å². The smallest absolute Gasteiger partial charge is 0.393 e. The summed E-state index contributed by atoms with van der Waals surface area (Å²) in [7, 11) is 0. The largest absolute Gasteiger partial charge is 0.418 e. The minimum Gasteiger partial charge on any atom is -0.393 e. The van der Waals surface area contributed by atoms with Crippen molar-refractivity contribution in [2.45, 2.75) is 25.1 Å². The first kappa shape index (κ1) is 13.7. The van der Waals surface area contributed by atoms with E-state index in [2.05, 4.69) is 21.2 Å². The fourth-order valence-corrected chi connectivity index (χ4v) is 2.39. The lowest BCUT2D eigenvalue weighted by Crippen LogP contribution is -2.33. The first-order chi connectivity index (χ1) is 8.36. The SMILES string of the molecule is OC1CC(CNc2ccc(Br)cc2C(F)(F)F)C1. The molecule has 2 nitrogen and oxygen atoms in total. The molecule has 0 radical (unpaired) electrons. The van der Waals surface area contributed by atoms with Crippen LogP contribution in [0.25, 0.3) is 0 Å². The molecule has 0 saturated heterocycles. The van der Waals surface area contributed by atoms with Crippen LogP contribution < -0.4 is 5.32 Å². The molecule has 0 unspecified atom stereocenters. The van der Waals surface area contributed by atoms with E-state index in [1.807, 2.05) is 0 Å². The Balaban J connectivity index is 2.07. The molecule has 0 bridgehead atoms. The van der Waals surface area contributed by atoms with Gasteiger partial charge in [-0.25, -0.2) is 0 Å². The number of aliphatic hydroxyl groups excluding tert-OH is 1. The van der Waals surface area contributed by atoms with Gasteiger partial charge in [-0.1, -0.05) is 15.9 Å². The topological polar surface area (TPSA) is 32.3 Å². The van der Waals surface area contributed by atoms with E-state index in [-0.39, 0.29) is 17.7 Å². The van der Waals surface area contributed by atoms with Gasteiger partial charge >= 0.3 is 6.18 Å². The molecule has 1 aliphatic carbocycles. The zero-order valence-corrected chi connectivity index (χ0v) is 11.1. The maximum atomic E-state index is 12.8. The highest BCUT2D eigenvalue weighted by molar-refractivity contribution is 9.10. The third-order valence-corrected chi connectivity index (χ3v) is 3.57. The van der Waals surface area contributed by atoms with Gasteiger partial charge in [-0.05, 0) is 37.0 Å². The molecule has 0 heterocycles. The van der Waals surface area contributed by atoms with E-state index in [9.17, 15) is 13.2 Å². The van der Waals surface area contributed by atoms with Crippen molar-refractivity contribution in [3.63, 3.8) is 0 Å². The van der Waals surface area contributed by atoms with Gasteiger partial charge < -0.3 is 10.4 Å². The van der Waals surface area contributed by atoms with Crippen LogP contribution in [0.2, 0.25) is 0 Å². The Kier molecular flexibility index (Phi) is 3.87. The van der Waals surface area contributed by atoms with E-state index in [0.717, 1.165) is 6.07 Å². The van der Waals surface area contributed by atoms with Crippen molar-refractivity contribution in [2.24, 2.45) is 5.92 Å². The van der Waals surface area contributed by atoms with E-state index in [1.165, 1.54) is 6.07 Å². The van der Waals surface area contributed by atoms with Crippen LogP contribution in [-0.2, 0) is 6.18 Å². The minimum atomic E-state index is -4.37. The third-order valence-electron chi connectivity index (χ3n) is 3.08. The molecule has 2 rings (SSSR count). The van der Waals surface area contributed by atoms with E-state index in [4.69, 9.17) is 5.11 Å². The van der Waals surface area contributed by atoms with E-state index in [0.29, 0.717) is 23.9 Å². The Hall–Kier alpha value is -0.750. The van der Waals surface area contributed by atoms with E-state index >= 15 is 0 Å². The number of hydrogen-bond donors (Lipinski definition) is 2. The summed E-state index contributed by atoms with van der Waals surface area (Å²) in [6.45, 7) is 0.460. The number of nitrogens with one attached hydrogen (secondary N) is 1. The zero-order chi connectivity index (χ0) is 13.3. The molecular formula is C12H13BrF3NO. The summed E-state index contributed by atoms with van der Waals surface area (Å²) in [5.41, 5.74) is -0.580. The van der Waals surface area contributed by atoms with Crippen LogP contribution in [0.1, 0.15) is 18.4 Å². The van der Waals surface area contributed by atoms with Gasteiger partial charge in [0.15, 0.2) is 0 Å². The molecule has 0 aliphatic heterocycles. The highest BCUT2D eigenvalue weighted by Crippen LogP contribution is 2.37. The van der Waals surface area contributed by atoms with Crippen molar-refractivity contribution in [1.82, 2.24) is 0 Å². The molecule has 1 saturated carbocycles. The lowest BCUT2D eigenvalue weighted by atomic mass is 9.82. The highest BCUT2D eigenvalue weighted by Gasteiger charge is 2.34. The number of rotatable bonds is 3. The Morgan fingerprint density at radius 2 is 2.00 bits per heavy atom. The predicted molar refractivity (Wildman–Crippen MR) is 66.4 cm³/mol. The molecule has 2 N–H and O–H groups in total. The lowest BCUT2D eigenvalue weighted by molar-refractivity contribution is -0.137. The first-order valence-electron chi connectivity index (χ1n) is 5.65. The van der Waals surface area contributed by atoms with Gasteiger partial charge in [0.1, 0.15) is 0 Å². The Bertz CT molecular complexity index is 430. The van der Waals surface area contributed by atoms with Gasteiger partial charge in [0.2, 0.25) is 0 Å². The molecule has 0 spiro atoms. The summed E-state index contributed by atoms with van der Waals surface area (Å²) in [5.74, 6) is 0.254. The molecular weight excluding hydrogens is 311 g/mol. The predicted octanol–water partition coefficient (Wildman–Crippen LogP) is 3.65. The second-order valence-corrected chi connectivity index (χ2v) is 5.48. The summed E-state index contributed by atoms with van der Waals surface area (Å²) in [4.78, 5) is 0. The molecule has 1 aliphatic rings. The van der Waals surface area contributed by atoms with Gasteiger partial charge in [0.05, 0.1) is 11.7 Å². The number of alkyl halides is 3. The zero-order valence-electron chi connectivity index (χ0n) is 9.47. The number of anilines is 1. The molecule has 18 heavy (non-hydrogen) atoms. The number of halogens is 4. The second kappa shape index (κ2) is 5.09. The van der Waals surface area contributed by atoms with Gasteiger partial charge in [-0.15, -0.1) is 0 Å². The number of hydrogen-bond acceptors (Lipinski definition) is 2. The summed E-state index contributed by atoms with van der Waals surface area (Å²) in [5, 5.41) is 11.9. The van der Waals surface area contributed by atoms with Crippen molar-refractivity contribution in [1.29, 1.82) is 0 Å². The fourth-order valence-electron chi connectivity index (χ4n) is 2.03. The Labute approximate surface area is 111 Å². The summed E-state index contributed by atoms with van der Waals surface area (Å²) < 4.78 is 38.8. The molecule has 1 fully saturated rings. The van der Waals surface area contributed by atoms with Gasteiger partial charge in [-0.2, -0.15) is 13.2 Å². The van der Waals surface area contributed by atoms with Crippen LogP contribution in [0.3, 0.4) is 0 Å². The average Bonchev–Trinajstić information content (AvgIpc) is 2.23. The Morgan fingerprint density at radius 3 is 2.56 bits per heavy atom. The molecule has 100 valence electrons. The van der Waals surface area contributed by atoms with E-state index in [1.54, 1.807) is 6.07 Å². The summed E-state index contributed by atoms with van der Waals surface area (Å²) in [6, 6.07) is 4.06. The van der Waals surface area contributed by atoms with Gasteiger partial charge in [-0.3, -0.25) is 0 Å². The van der Waals surface area contributed by atoms with Gasteiger partial charge in [0, 0.05) is 16.7 Å². The van der Waals surface area contributed by atoms with Crippen LogP contribution in [0.5, 0.6) is 0 Å². The summed E-state index contributed by atoms with van der Waals surface area (Å²) >= 11 is 3.04. The summed E-state index contributed by atoms with van der Waals surface area (Å²) in [6.07, 6.45) is -3.34. The van der Waals surface area contributed by atoms with Crippen molar-refractivity contribution < 1.29 is 18.3 Å². The molecule has 1 aromatic carbocycles. The van der Waals surface area contributed by atoms with Crippen LogP contribution >= 0.6 is 15.9 Å². The first-order valence-corrected chi connectivity index (χ1v) is 6.44. The normalized spacial score (nSPS) is 23.6. The molecule has 0 amide bonds. The molecule has 0 aromatic heterocycles. The Morgan fingerprint density at radius 1 is 1.33 bits per heavy atom. The second-order valence-electron chi connectivity index (χ2n) is 4.56. The van der Waals surface area contributed by atoms with Crippen LogP contribution in [0, 0.1) is 5.92 Å². The highest BCUT2D eigenvalue weighted by atomic mass is 79.9. The fraction of sp³-hybridized carbons (Fsp3) is 0.500. The molecule has 1 aromatic rings. The van der Waals surface area contributed by atoms with Crippen molar-refractivity contribution in [3.05, 3.63) is 28.2 Å². The van der Waals surface area contributed by atoms with Crippen LogP contribution in [0.4, 0.5) is 18.9 Å². The minimum absolute atomic E-state index is 0.0899. The van der Waals surface area contributed by atoms with E-state index < -0.39 is 11.7 Å². The van der Waals surface area contributed by atoms with Crippen LogP contribution in [-0.4, -0.2) is 17.8 Å². The standard InChI is InChI=1S/C12H13BrF3NO/c13-8-1-2-11(10(5-8)12(14,15)16)17-6-7-3-9(18)4-7/h1-2,5,7,9,17-18H,3-4,6H2. The van der Waals surface area contributed by atoms with Crippen molar-refractivity contribution >= 4 is 21.6 Å². The monoisotopic (exact) mass is 323 g/mol. The molecule has 6 heteroatoms. The number of aliphatic hydroxyl groups is 1. The maximum Gasteiger partial charge on any atom is 0.418 e. The number of benzene rings is 1. The lowest BCUT2D eigenvalue weighted by Gasteiger charge is -2.32. The molecule has 0 atom stereocenters. The third kappa shape index (κ3) is 3.17. The van der Waals surface area contributed by atoms with Crippen LogP contribution in [0.15, 0.2) is 22.7 Å². The average molecular weight is 324 g/mol. The van der Waals surface area contributed by atoms with Crippen molar-refractivity contribution in [3.8, 4) is 0 Å². The maximum absolute atomic E-state index is 12.8.